The molecule has 1 fully saturated rings. The van der Waals surface area contributed by atoms with Crippen molar-refractivity contribution in [2.24, 2.45) is 5.92 Å². The molecule has 1 amide bonds. The number of carbonyl (C=O) groups excluding carboxylic acids is 1. The van der Waals surface area contributed by atoms with Crippen molar-refractivity contribution in [3.63, 3.8) is 0 Å². The number of nitrogens with zero attached hydrogens (tertiary/aromatic N) is 1. The molecule has 0 aromatic heterocycles. The number of likely N-dealkylation sites (tertiary alicyclic amines) is 1. The predicted octanol–water partition coefficient (Wildman–Crippen LogP) is 2.64. The lowest BCUT2D eigenvalue weighted by molar-refractivity contribution is -0.120. The molecule has 1 saturated heterocycles. The molecule has 1 heterocycles. The van der Waals surface area contributed by atoms with Gasteiger partial charge in [0.25, 0.3) is 0 Å². The van der Waals surface area contributed by atoms with Crippen LogP contribution in [0.15, 0.2) is 12.1 Å². The Morgan fingerprint density at radius 2 is 2.25 bits per heavy atom. The second kappa shape index (κ2) is 9.30. The van der Waals surface area contributed by atoms with Crippen molar-refractivity contribution >= 4 is 17.5 Å². The average molecular weight is 361 g/mol. The highest BCUT2D eigenvalue weighted by molar-refractivity contribution is 6.30. The number of hydrogen-bond donors (Lipinski definition) is 1. The first-order valence-electron chi connectivity index (χ1n) is 8.11. The van der Waals surface area contributed by atoms with Crippen LogP contribution in [0.25, 0.3) is 0 Å². The molecule has 0 saturated carbocycles. The van der Waals surface area contributed by atoms with Crippen molar-refractivity contribution in [1.82, 2.24) is 10.2 Å². The highest BCUT2D eigenvalue weighted by Gasteiger charge is 2.21. The van der Waals surface area contributed by atoms with Crippen LogP contribution < -0.4 is 5.32 Å². The van der Waals surface area contributed by atoms with Gasteiger partial charge in [-0.15, -0.1) is 0 Å². The third-order valence-electron chi connectivity index (χ3n) is 4.28. The molecule has 1 aromatic carbocycles. The van der Waals surface area contributed by atoms with Crippen LogP contribution in [0.2, 0.25) is 5.02 Å². The van der Waals surface area contributed by atoms with Crippen molar-refractivity contribution in [3.8, 4) is 0 Å². The van der Waals surface area contributed by atoms with Gasteiger partial charge in [-0.25, -0.2) is 8.78 Å². The Morgan fingerprint density at radius 3 is 3.00 bits per heavy atom. The van der Waals surface area contributed by atoms with Crippen LogP contribution in [0, 0.1) is 17.6 Å². The van der Waals surface area contributed by atoms with Crippen LogP contribution in [0.1, 0.15) is 18.4 Å². The van der Waals surface area contributed by atoms with Crippen molar-refractivity contribution in [2.45, 2.75) is 19.3 Å². The number of carbonyl (C=O) groups is 1. The minimum atomic E-state index is -0.866. The Hall–Kier alpha value is -1.24. The largest absolute Gasteiger partial charge is 0.383 e. The van der Waals surface area contributed by atoms with E-state index in [-0.39, 0.29) is 17.0 Å². The smallest absolute Gasteiger partial charge is 0.224 e. The van der Waals surface area contributed by atoms with E-state index in [1.807, 2.05) is 0 Å². The van der Waals surface area contributed by atoms with Gasteiger partial charge in [-0.3, -0.25) is 4.79 Å². The number of halogens is 3. The van der Waals surface area contributed by atoms with Gasteiger partial charge in [-0.1, -0.05) is 11.6 Å². The Morgan fingerprint density at radius 1 is 1.46 bits per heavy atom. The second-order valence-electron chi connectivity index (χ2n) is 6.10. The van der Waals surface area contributed by atoms with Crippen LogP contribution in [0.5, 0.6) is 0 Å². The first kappa shape index (κ1) is 19.1. The highest BCUT2D eigenvalue weighted by Crippen LogP contribution is 2.21. The maximum atomic E-state index is 13.8. The molecule has 4 nitrogen and oxygen atoms in total. The number of ether oxygens (including phenoxy) is 1. The Kier molecular flexibility index (Phi) is 7.40. The van der Waals surface area contributed by atoms with E-state index in [2.05, 4.69) is 10.2 Å². The van der Waals surface area contributed by atoms with Crippen molar-refractivity contribution in [2.75, 3.05) is 39.9 Å². The van der Waals surface area contributed by atoms with Gasteiger partial charge in [-0.2, -0.15) is 0 Å². The summed E-state index contributed by atoms with van der Waals surface area (Å²) in [6, 6.07) is 2.22. The SMILES string of the molecule is COCCN1CCC[C@@H](CNC(=O)Cc2c(F)ccc(Cl)c2F)C1. The molecule has 0 bridgehead atoms. The summed E-state index contributed by atoms with van der Waals surface area (Å²) in [5, 5.41) is 2.60. The van der Waals surface area contributed by atoms with Crippen LogP contribution in [0.4, 0.5) is 8.78 Å². The number of methoxy groups -OCH3 is 1. The topological polar surface area (TPSA) is 41.6 Å². The highest BCUT2D eigenvalue weighted by atomic mass is 35.5. The van der Waals surface area contributed by atoms with Gasteiger partial charge in [0.2, 0.25) is 5.91 Å². The van der Waals surface area contributed by atoms with E-state index in [1.54, 1.807) is 7.11 Å². The molecule has 1 aliphatic rings. The Labute approximate surface area is 146 Å². The van der Waals surface area contributed by atoms with Gasteiger partial charge in [0, 0.05) is 32.3 Å². The molecular weight excluding hydrogens is 338 g/mol. The van der Waals surface area contributed by atoms with Gasteiger partial charge in [0.05, 0.1) is 18.1 Å². The molecular formula is C17H23ClF2N2O2. The lowest BCUT2D eigenvalue weighted by Gasteiger charge is -2.32. The summed E-state index contributed by atoms with van der Waals surface area (Å²) in [6.07, 6.45) is 1.75. The molecule has 1 atom stereocenters. The first-order valence-corrected chi connectivity index (χ1v) is 8.49. The summed E-state index contributed by atoms with van der Waals surface area (Å²) < 4.78 is 32.6. The number of rotatable bonds is 7. The van der Waals surface area contributed by atoms with E-state index in [9.17, 15) is 13.6 Å². The molecule has 1 aliphatic heterocycles. The van der Waals surface area contributed by atoms with Crippen molar-refractivity contribution in [1.29, 1.82) is 0 Å². The number of hydrogen-bond acceptors (Lipinski definition) is 3. The molecule has 24 heavy (non-hydrogen) atoms. The van der Waals surface area contributed by atoms with Gasteiger partial charge in [-0.05, 0) is 37.4 Å². The summed E-state index contributed by atoms with van der Waals surface area (Å²) in [7, 11) is 1.68. The molecule has 134 valence electrons. The number of piperidine rings is 1. The molecule has 1 N–H and O–H groups in total. The zero-order valence-corrected chi connectivity index (χ0v) is 14.5. The first-order chi connectivity index (χ1) is 11.5. The summed E-state index contributed by atoms with van der Waals surface area (Å²) >= 11 is 5.64. The normalized spacial score (nSPS) is 18.6. The minimum absolute atomic E-state index is 0.180. The quantitative estimate of drug-likeness (QED) is 0.760. The van der Waals surface area contributed by atoms with E-state index in [0.29, 0.717) is 19.1 Å². The fourth-order valence-corrected chi connectivity index (χ4v) is 3.13. The van der Waals surface area contributed by atoms with Crippen LogP contribution in [0.3, 0.4) is 0 Å². The lowest BCUT2D eigenvalue weighted by Crippen LogP contribution is -2.42. The number of benzene rings is 1. The van der Waals surface area contributed by atoms with Gasteiger partial charge in [0.15, 0.2) is 0 Å². The average Bonchev–Trinajstić information content (AvgIpc) is 2.59. The summed E-state index contributed by atoms with van der Waals surface area (Å²) in [6.45, 7) is 3.99. The monoisotopic (exact) mass is 360 g/mol. The molecule has 2 rings (SSSR count). The lowest BCUT2D eigenvalue weighted by atomic mass is 9.98. The van der Waals surface area contributed by atoms with Gasteiger partial charge < -0.3 is 15.0 Å². The van der Waals surface area contributed by atoms with E-state index >= 15 is 0 Å². The van der Waals surface area contributed by atoms with Gasteiger partial charge in [0.1, 0.15) is 11.6 Å². The second-order valence-corrected chi connectivity index (χ2v) is 6.51. The standard InChI is InChI=1S/C17H23ClF2N2O2/c1-24-8-7-22-6-2-3-12(11-22)10-21-16(23)9-13-15(19)5-4-14(18)17(13)20/h4-5,12H,2-3,6-11H2,1H3,(H,21,23)/t12-/m0/s1. The fraction of sp³-hybridized carbons (Fsp3) is 0.588. The molecule has 7 heteroatoms. The fourth-order valence-electron chi connectivity index (χ4n) is 2.95. The maximum absolute atomic E-state index is 13.8. The van der Waals surface area contributed by atoms with Gasteiger partial charge >= 0.3 is 0 Å². The predicted molar refractivity (Wildman–Crippen MR) is 89.1 cm³/mol. The maximum Gasteiger partial charge on any atom is 0.224 e. The van der Waals surface area contributed by atoms with E-state index in [4.69, 9.17) is 16.3 Å². The third kappa shape index (κ3) is 5.40. The van der Waals surface area contributed by atoms with Crippen molar-refractivity contribution in [3.05, 3.63) is 34.4 Å². The molecule has 0 spiro atoms. The number of nitrogens with one attached hydrogen (secondary N) is 1. The third-order valence-corrected chi connectivity index (χ3v) is 4.57. The Balaban J connectivity index is 1.82. The summed E-state index contributed by atoms with van der Waals surface area (Å²) in [4.78, 5) is 14.3. The zero-order valence-electron chi connectivity index (χ0n) is 13.8. The van der Waals surface area contributed by atoms with Crippen molar-refractivity contribution < 1.29 is 18.3 Å². The zero-order chi connectivity index (χ0) is 17.5. The molecule has 0 radical (unpaired) electrons. The summed E-state index contributed by atoms with van der Waals surface area (Å²) in [5.74, 6) is -1.68. The van der Waals surface area contributed by atoms with Crippen LogP contribution >= 0.6 is 11.6 Å². The Bertz CT molecular complexity index is 572. The molecule has 0 unspecified atom stereocenters. The van der Waals surface area contributed by atoms with E-state index < -0.39 is 17.5 Å². The van der Waals surface area contributed by atoms with E-state index in [0.717, 1.165) is 44.6 Å². The van der Waals surface area contributed by atoms with E-state index in [1.165, 1.54) is 0 Å². The van der Waals surface area contributed by atoms with Crippen LogP contribution in [-0.4, -0.2) is 50.7 Å². The molecule has 0 aliphatic carbocycles. The summed E-state index contributed by atoms with van der Waals surface area (Å²) in [5.41, 5.74) is -0.287. The molecule has 1 aromatic rings. The minimum Gasteiger partial charge on any atom is -0.383 e. The van der Waals surface area contributed by atoms with Crippen LogP contribution in [-0.2, 0) is 16.0 Å². The number of amides is 1.